The van der Waals surface area contributed by atoms with E-state index in [1.165, 1.54) is 0 Å². The van der Waals surface area contributed by atoms with Crippen LogP contribution in [0, 0.1) is 0 Å². The number of hydrogen-bond donors (Lipinski definition) is 1. The maximum absolute atomic E-state index is 10.00. The number of unbranched alkanes of at least 4 members (excludes halogenated alkanes) is 3. The molecule has 0 heterocycles. The van der Waals surface area contributed by atoms with E-state index in [0.29, 0.717) is 6.42 Å². The van der Waals surface area contributed by atoms with Crippen LogP contribution in [0.1, 0.15) is 46.5 Å². The van der Waals surface area contributed by atoms with Gasteiger partial charge in [-0.3, -0.25) is 4.55 Å². The number of ether oxygens (including phenoxy) is 1. The first kappa shape index (κ1) is 18.2. The zero-order valence-electron chi connectivity index (χ0n) is 10.4. The van der Waals surface area contributed by atoms with Crippen molar-refractivity contribution < 1.29 is 21.9 Å². The van der Waals surface area contributed by atoms with Gasteiger partial charge in [-0.2, -0.15) is 8.42 Å². The SMILES string of the molecule is CCCCCCOS(=O)(=O)O.CCOCC. The highest BCUT2D eigenvalue weighted by molar-refractivity contribution is 7.80. The number of hydrogen-bond acceptors (Lipinski definition) is 4. The minimum Gasteiger partial charge on any atom is -0.382 e. The van der Waals surface area contributed by atoms with Crippen LogP contribution in [0.4, 0.5) is 0 Å². The van der Waals surface area contributed by atoms with E-state index in [9.17, 15) is 8.42 Å². The van der Waals surface area contributed by atoms with Gasteiger partial charge in [0.05, 0.1) is 6.61 Å². The smallest absolute Gasteiger partial charge is 0.382 e. The second-order valence-corrected chi connectivity index (χ2v) is 4.18. The maximum Gasteiger partial charge on any atom is 0.397 e. The van der Waals surface area contributed by atoms with Gasteiger partial charge in [-0.05, 0) is 20.3 Å². The molecule has 0 aliphatic heterocycles. The molecular weight excluding hydrogens is 232 g/mol. The molecule has 0 spiro atoms. The lowest BCUT2D eigenvalue weighted by Crippen LogP contribution is -2.04. The van der Waals surface area contributed by atoms with Crippen LogP contribution in [0.3, 0.4) is 0 Å². The van der Waals surface area contributed by atoms with Gasteiger partial charge in [-0.1, -0.05) is 26.2 Å². The summed E-state index contributed by atoms with van der Waals surface area (Å²) < 4.78 is 37.1. The van der Waals surface area contributed by atoms with Crippen LogP contribution in [-0.2, 0) is 19.3 Å². The predicted molar refractivity (Wildman–Crippen MR) is 63.8 cm³/mol. The third kappa shape index (κ3) is 23.6. The van der Waals surface area contributed by atoms with Crippen molar-refractivity contribution in [2.75, 3.05) is 19.8 Å². The highest BCUT2D eigenvalue weighted by atomic mass is 32.3. The van der Waals surface area contributed by atoms with Crippen LogP contribution in [0.25, 0.3) is 0 Å². The quantitative estimate of drug-likeness (QED) is 0.533. The van der Waals surface area contributed by atoms with E-state index >= 15 is 0 Å². The van der Waals surface area contributed by atoms with Gasteiger partial charge in [0.25, 0.3) is 0 Å². The Balaban J connectivity index is 0. The van der Waals surface area contributed by atoms with Crippen molar-refractivity contribution in [2.45, 2.75) is 46.5 Å². The zero-order chi connectivity index (χ0) is 12.9. The van der Waals surface area contributed by atoms with E-state index in [0.717, 1.165) is 32.5 Å². The van der Waals surface area contributed by atoms with Crippen LogP contribution < -0.4 is 0 Å². The average Bonchev–Trinajstić information content (AvgIpc) is 2.18. The summed E-state index contributed by atoms with van der Waals surface area (Å²) in [7, 11) is -4.21. The van der Waals surface area contributed by atoms with E-state index < -0.39 is 10.4 Å². The van der Waals surface area contributed by atoms with Crippen molar-refractivity contribution in [1.29, 1.82) is 0 Å². The lowest BCUT2D eigenvalue weighted by molar-refractivity contribution is 0.162. The fourth-order valence-corrected chi connectivity index (χ4v) is 1.23. The van der Waals surface area contributed by atoms with Crippen LogP contribution in [0.2, 0.25) is 0 Å². The van der Waals surface area contributed by atoms with Crippen LogP contribution >= 0.6 is 0 Å². The molecule has 0 aromatic rings. The summed E-state index contributed by atoms with van der Waals surface area (Å²) in [6, 6.07) is 0. The lowest BCUT2D eigenvalue weighted by atomic mass is 10.2. The van der Waals surface area contributed by atoms with Crippen molar-refractivity contribution in [3.05, 3.63) is 0 Å². The third-order valence-corrected chi connectivity index (χ3v) is 2.10. The fraction of sp³-hybridized carbons (Fsp3) is 1.00. The second-order valence-electron chi connectivity index (χ2n) is 3.09. The molecule has 5 nitrogen and oxygen atoms in total. The molecule has 0 saturated carbocycles. The van der Waals surface area contributed by atoms with E-state index in [2.05, 4.69) is 11.1 Å². The molecule has 1 N–H and O–H groups in total. The Labute approximate surface area is 99.1 Å². The van der Waals surface area contributed by atoms with Gasteiger partial charge >= 0.3 is 10.4 Å². The third-order valence-electron chi connectivity index (χ3n) is 1.64. The summed E-state index contributed by atoms with van der Waals surface area (Å²) in [6.07, 6.45) is 3.76. The Hall–Kier alpha value is -0.170. The predicted octanol–water partition coefficient (Wildman–Crippen LogP) is 2.43. The van der Waals surface area contributed by atoms with Gasteiger partial charge in [0, 0.05) is 13.2 Å². The first-order valence-corrected chi connectivity index (χ1v) is 7.04. The first-order chi connectivity index (χ1) is 7.47. The van der Waals surface area contributed by atoms with Gasteiger partial charge in [0.2, 0.25) is 0 Å². The molecule has 6 heteroatoms. The van der Waals surface area contributed by atoms with Crippen LogP contribution in [0.5, 0.6) is 0 Å². The summed E-state index contributed by atoms with van der Waals surface area (Å²) >= 11 is 0. The molecule has 0 aliphatic carbocycles. The molecule has 0 atom stereocenters. The molecule has 0 radical (unpaired) electrons. The molecule has 0 amide bonds. The molecule has 0 saturated heterocycles. The summed E-state index contributed by atoms with van der Waals surface area (Å²) in [4.78, 5) is 0. The van der Waals surface area contributed by atoms with Crippen molar-refractivity contribution in [1.82, 2.24) is 0 Å². The molecule has 0 aromatic carbocycles. The van der Waals surface area contributed by atoms with E-state index in [1.54, 1.807) is 0 Å². The largest absolute Gasteiger partial charge is 0.397 e. The summed E-state index contributed by atoms with van der Waals surface area (Å²) in [6.45, 7) is 7.81. The van der Waals surface area contributed by atoms with Crippen molar-refractivity contribution >= 4 is 10.4 Å². The summed E-state index contributed by atoms with van der Waals surface area (Å²) in [5, 5.41) is 0. The molecule has 0 rings (SSSR count). The second kappa shape index (κ2) is 12.9. The normalized spacial score (nSPS) is 10.8. The Morgan fingerprint density at radius 2 is 1.56 bits per heavy atom. The molecule has 100 valence electrons. The monoisotopic (exact) mass is 256 g/mol. The maximum atomic E-state index is 10.00. The molecule has 0 aliphatic rings. The van der Waals surface area contributed by atoms with Gasteiger partial charge in [-0.25, -0.2) is 4.18 Å². The van der Waals surface area contributed by atoms with E-state index in [-0.39, 0.29) is 6.61 Å². The molecule has 0 aromatic heterocycles. The van der Waals surface area contributed by atoms with Crippen LogP contribution in [-0.4, -0.2) is 32.8 Å². The lowest BCUT2D eigenvalue weighted by Gasteiger charge is -1.98. The molecule has 0 unspecified atom stereocenters. The van der Waals surface area contributed by atoms with Crippen molar-refractivity contribution in [3.63, 3.8) is 0 Å². The van der Waals surface area contributed by atoms with Gasteiger partial charge in [0.1, 0.15) is 0 Å². The van der Waals surface area contributed by atoms with Crippen molar-refractivity contribution in [3.8, 4) is 0 Å². The minimum absolute atomic E-state index is 0.0822. The number of rotatable bonds is 8. The van der Waals surface area contributed by atoms with Crippen LogP contribution in [0.15, 0.2) is 0 Å². The van der Waals surface area contributed by atoms with Gasteiger partial charge in [-0.15, -0.1) is 0 Å². The Bertz CT molecular complexity index is 211. The highest BCUT2D eigenvalue weighted by Crippen LogP contribution is 1.99. The van der Waals surface area contributed by atoms with Crippen molar-refractivity contribution in [2.24, 2.45) is 0 Å². The Kier molecular flexibility index (Phi) is 14.7. The zero-order valence-corrected chi connectivity index (χ0v) is 11.3. The Morgan fingerprint density at radius 1 is 1.00 bits per heavy atom. The Morgan fingerprint density at radius 3 is 1.88 bits per heavy atom. The highest BCUT2D eigenvalue weighted by Gasteiger charge is 2.01. The molecule has 0 fully saturated rings. The molecule has 0 bridgehead atoms. The van der Waals surface area contributed by atoms with E-state index in [4.69, 9.17) is 9.29 Å². The summed E-state index contributed by atoms with van der Waals surface area (Å²) in [5.41, 5.74) is 0. The first-order valence-electron chi connectivity index (χ1n) is 5.67. The summed E-state index contributed by atoms with van der Waals surface area (Å²) in [5.74, 6) is 0. The average molecular weight is 256 g/mol. The van der Waals surface area contributed by atoms with Gasteiger partial charge in [0.15, 0.2) is 0 Å². The standard InChI is InChI=1S/C6H14O4S.C4H10O/c1-2-3-4-5-6-10-11(7,8)9;1-3-5-4-2/h2-6H2,1H3,(H,7,8,9);3-4H2,1-2H3. The molecule has 16 heavy (non-hydrogen) atoms. The topological polar surface area (TPSA) is 72.8 Å². The van der Waals surface area contributed by atoms with E-state index in [1.807, 2.05) is 13.8 Å². The molecular formula is C10H24O5S. The fourth-order valence-electron chi connectivity index (χ4n) is 0.897. The minimum atomic E-state index is -4.21. The van der Waals surface area contributed by atoms with Gasteiger partial charge < -0.3 is 4.74 Å².